The summed E-state index contributed by atoms with van der Waals surface area (Å²) in [6, 6.07) is 2.21. The Balaban J connectivity index is 2.16. The van der Waals surface area contributed by atoms with Crippen molar-refractivity contribution in [3.8, 4) is 0 Å². The maximum absolute atomic E-state index is 13.2. The van der Waals surface area contributed by atoms with Crippen LogP contribution in [0.1, 0.15) is 17.4 Å². The predicted molar refractivity (Wildman–Crippen MR) is 84.8 cm³/mol. The minimum Gasteiger partial charge on any atom is -0.328 e. The highest BCUT2D eigenvalue weighted by Gasteiger charge is 2.18. The number of anilines is 2. The number of halogens is 3. The molecule has 1 aromatic heterocycles. The Bertz CT molecular complexity index is 798. The predicted octanol–water partition coefficient (Wildman–Crippen LogP) is 2.57. The van der Waals surface area contributed by atoms with Crippen molar-refractivity contribution in [3.05, 3.63) is 41.3 Å². The van der Waals surface area contributed by atoms with Gasteiger partial charge >= 0.3 is 6.03 Å². The van der Waals surface area contributed by atoms with Crippen molar-refractivity contribution >= 4 is 23.4 Å². The van der Waals surface area contributed by atoms with E-state index >= 15 is 0 Å². The summed E-state index contributed by atoms with van der Waals surface area (Å²) in [5, 5.41) is 8.71. The first-order valence-electron chi connectivity index (χ1n) is 7.25. The fourth-order valence-electron chi connectivity index (χ4n) is 1.91. The molecule has 7 nitrogen and oxygen atoms in total. The molecular formula is C15H16F3N5O2. The van der Waals surface area contributed by atoms with Gasteiger partial charge in [-0.2, -0.15) is 5.10 Å². The molecule has 0 aliphatic carbocycles. The third-order valence-electron chi connectivity index (χ3n) is 3.41. The second-order valence-corrected chi connectivity index (χ2v) is 5.19. The maximum Gasteiger partial charge on any atom is 0.322 e. The van der Waals surface area contributed by atoms with Gasteiger partial charge < -0.3 is 10.2 Å². The Morgan fingerprint density at radius 3 is 2.32 bits per heavy atom. The lowest BCUT2D eigenvalue weighted by molar-refractivity contribution is 0.101. The Morgan fingerprint density at radius 1 is 1.16 bits per heavy atom. The smallest absolute Gasteiger partial charge is 0.322 e. The van der Waals surface area contributed by atoms with Crippen LogP contribution in [0.15, 0.2) is 18.2 Å². The molecule has 134 valence electrons. The van der Waals surface area contributed by atoms with Crippen LogP contribution in [0, 0.1) is 17.5 Å². The van der Waals surface area contributed by atoms with Crippen molar-refractivity contribution in [1.82, 2.24) is 14.7 Å². The molecule has 2 aromatic rings. The van der Waals surface area contributed by atoms with Crippen LogP contribution in [0.5, 0.6) is 0 Å². The van der Waals surface area contributed by atoms with Gasteiger partial charge in [0, 0.05) is 44.5 Å². The molecule has 0 spiro atoms. The maximum atomic E-state index is 13.2. The van der Waals surface area contributed by atoms with E-state index in [0.717, 1.165) is 0 Å². The molecule has 10 heteroatoms. The summed E-state index contributed by atoms with van der Waals surface area (Å²) in [5.74, 6) is -5.06. The molecule has 0 atom stereocenters. The van der Waals surface area contributed by atoms with E-state index in [4.69, 9.17) is 0 Å². The summed E-state index contributed by atoms with van der Waals surface area (Å²) in [6.45, 7) is 2.27. The number of benzene rings is 1. The van der Waals surface area contributed by atoms with E-state index in [1.54, 1.807) is 14.0 Å². The molecular weight excluding hydrogens is 339 g/mol. The molecule has 0 aliphatic heterocycles. The highest BCUT2D eigenvalue weighted by Crippen LogP contribution is 2.18. The lowest BCUT2D eigenvalue weighted by Crippen LogP contribution is -2.31. The highest BCUT2D eigenvalue weighted by molar-refractivity contribution is 6.04. The molecule has 0 saturated heterocycles. The first-order chi connectivity index (χ1) is 11.7. The number of carbonyl (C=O) groups excluding carboxylic acids is 2. The fourth-order valence-corrected chi connectivity index (χ4v) is 1.91. The zero-order chi connectivity index (χ0) is 18.7. The van der Waals surface area contributed by atoms with Crippen LogP contribution >= 0.6 is 0 Å². The minimum atomic E-state index is -1.62. The topological polar surface area (TPSA) is 79.3 Å². The summed E-state index contributed by atoms with van der Waals surface area (Å²) < 4.78 is 40.5. The highest BCUT2D eigenvalue weighted by atomic mass is 19.2. The van der Waals surface area contributed by atoms with Gasteiger partial charge in [-0.1, -0.05) is 0 Å². The van der Waals surface area contributed by atoms with E-state index < -0.39 is 29.4 Å². The molecule has 0 fully saturated rings. The monoisotopic (exact) mass is 355 g/mol. The first kappa shape index (κ1) is 18.3. The van der Waals surface area contributed by atoms with Crippen LogP contribution < -0.4 is 10.6 Å². The largest absolute Gasteiger partial charge is 0.328 e. The molecule has 1 heterocycles. The standard InChI is InChI=1S/C15H16F3N5O2/c1-4-22(2)15(25)20-12-7-11(23(3)21-12)14(24)19-8-5-9(16)13(18)10(17)6-8/h5-7H,4H2,1-3H3,(H,19,24)(H,20,21,25). The van der Waals surface area contributed by atoms with E-state index in [0.29, 0.717) is 18.7 Å². The second kappa shape index (κ2) is 7.24. The molecule has 3 amide bonds. The molecule has 25 heavy (non-hydrogen) atoms. The van der Waals surface area contributed by atoms with E-state index in [2.05, 4.69) is 15.7 Å². The number of hydrogen-bond acceptors (Lipinski definition) is 3. The molecule has 0 aliphatic rings. The SMILES string of the molecule is CCN(C)C(=O)Nc1cc(C(=O)Nc2cc(F)c(F)c(F)c2)n(C)n1. The van der Waals surface area contributed by atoms with Crippen molar-refractivity contribution in [2.75, 3.05) is 24.2 Å². The molecule has 1 aromatic carbocycles. The van der Waals surface area contributed by atoms with Crippen molar-refractivity contribution < 1.29 is 22.8 Å². The summed E-state index contributed by atoms with van der Waals surface area (Å²) in [4.78, 5) is 25.4. The van der Waals surface area contributed by atoms with E-state index in [9.17, 15) is 22.8 Å². The Hall–Kier alpha value is -3.04. The van der Waals surface area contributed by atoms with Gasteiger partial charge in [-0.3, -0.25) is 14.8 Å². The number of amides is 3. The zero-order valence-electron chi connectivity index (χ0n) is 13.7. The number of aromatic nitrogens is 2. The van der Waals surface area contributed by atoms with Gasteiger partial charge in [-0.05, 0) is 6.92 Å². The molecule has 2 N–H and O–H groups in total. The number of aryl methyl sites for hydroxylation is 1. The van der Waals surface area contributed by atoms with Crippen LogP contribution in [0.2, 0.25) is 0 Å². The summed E-state index contributed by atoms with van der Waals surface area (Å²) in [5.41, 5.74) is -0.224. The number of nitrogens with one attached hydrogen (secondary N) is 2. The van der Waals surface area contributed by atoms with E-state index in [-0.39, 0.29) is 17.2 Å². The van der Waals surface area contributed by atoms with Gasteiger partial charge in [0.2, 0.25) is 0 Å². The van der Waals surface area contributed by atoms with Crippen molar-refractivity contribution in [2.45, 2.75) is 6.92 Å². The third-order valence-corrected chi connectivity index (χ3v) is 3.41. The van der Waals surface area contributed by atoms with Gasteiger partial charge in [0.15, 0.2) is 23.3 Å². The Labute approximate surface area is 141 Å². The van der Waals surface area contributed by atoms with Crippen molar-refractivity contribution in [2.24, 2.45) is 7.05 Å². The molecule has 2 rings (SSSR count). The average molecular weight is 355 g/mol. The molecule has 0 bridgehead atoms. The van der Waals surface area contributed by atoms with Gasteiger partial charge in [0.1, 0.15) is 5.69 Å². The van der Waals surface area contributed by atoms with Crippen LogP contribution in [-0.2, 0) is 7.05 Å². The van der Waals surface area contributed by atoms with Gasteiger partial charge in [-0.25, -0.2) is 18.0 Å². The Morgan fingerprint density at radius 2 is 1.76 bits per heavy atom. The van der Waals surface area contributed by atoms with E-state index in [1.807, 2.05) is 0 Å². The zero-order valence-corrected chi connectivity index (χ0v) is 13.7. The van der Waals surface area contributed by atoms with Crippen LogP contribution in [0.4, 0.5) is 29.5 Å². The van der Waals surface area contributed by atoms with Crippen LogP contribution in [0.25, 0.3) is 0 Å². The number of urea groups is 1. The number of carbonyl (C=O) groups is 2. The number of rotatable bonds is 4. The summed E-state index contributed by atoms with van der Waals surface area (Å²) >= 11 is 0. The Kier molecular flexibility index (Phi) is 5.30. The van der Waals surface area contributed by atoms with Gasteiger partial charge in [0.05, 0.1) is 0 Å². The minimum absolute atomic E-state index is 0.0274. The number of nitrogens with zero attached hydrogens (tertiary/aromatic N) is 3. The van der Waals surface area contributed by atoms with Gasteiger partial charge in [0.25, 0.3) is 5.91 Å². The molecule has 0 radical (unpaired) electrons. The number of hydrogen-bond donors (Lipinski definition) is 2. The molecule has 0 unspecified atom stereocenters. The van der Waals surface area contributed by atoms with Crippen molar-refractivity contribution in [1.29, 1.82) is 0 Å². The summed E-state index contributed by atoms with van der Waals surface area (Å²) in [6.07, 6.45) is 0. The van der Waals surface area contributed by atoms with Gasteiger partial charge in [-0.15, -0.1) is 0 Å². The molecule has 0 saturated carbocycles. The first-order valence-corrected chi connectivity index (χ1v) is 7.25. The third kappa shape index (κ3) is 4.08. The van der Waals surface area contributed by atoms with Crippen LogP contribution in [-0.4, -0.2) is 40.2 Å². The summed E-state index contributed by atoms with van der Waals surface area (Å²) in [7, 11) is 3.05. The average Bonchev–Trinajstić information content (AvgIpc) is 2.92. The van der Waals surface area contributed by atoms with E-state index in [1.165, 1.54) is 22.7 Å². The lowest BCUT2D eigenvalue weighted by atomic mass is 10.2. The lowest BCUT2D eigenvalue weighted by Gasteiger charge is -2.13. The normalized spacial score (nSPS) is 10.5. The van der Waals surface area contributed by atoms with Crippen molar-refractivity contribution in [3.63, 3.8) is 0 Å². The van der Waals surface area contributed by atoms with Crippen LogP contribution in [0.3, 0.4) is 0 Å². The quantitative estimate of drug-likeness (QED) is 0.828. The second-order valence-electron chi connectivity index (χ2n) is 5.19. The fraction of sp³-hybridized carbons (Fsp3) is 0.267.